The Labute approximate surface area is 154 Å². The number of halogens is 2. The first-order valence-corrected chi connectivity index (χ1v) is 9.18. The number of rotatable bonds is 5. The Hall–Kier alpha value is -2.16. The van der Waals surface area contributed by atoms with Crippen molar-refractivity contribution in [2.45, 2.75) is 46.0 Å². The number of hydrogen-bond acceptors (Lipinski definition) is 1. The van der Waals surface area contributed by atoms with Gasteiger partial charge in [-0.05, 0) is 61.3 Å². The molecule has 0 spiro atoms. The summed E-state index contributed by atoms with van der Waals surface area (Å²) >= 11 is 0. The van der Waals surface area contributed by atoms with Crippen LogP contribution in [0.5, 0.6) is 5.75 Å². The lowest BCUT2D eigenvalue weighted by molar-refractivity contribution is 0.384. The minimum Gasteiger partial charge on any atom is -0.459 e. The maximum absolute atomic E-state index is 14.4. The zero-order valence-corrected chi connectivity index (χ0v) is 15.4. The molecule has 1 aliphatic rings. The Bertz CT molecular complexity index is 772. The fraction of sp³-hybridized carbons (Fsp3) is 0.348. The maximum Gasteiger partial charge on any atom is 0.201 e. The van der Waals surface area contributed by atoms with Crippen LogP contribution in [0.3, 0.4) is 0 Å². The SMILES string of the molecule is C=C(C)Oc1ccc(-c2ccc(C[C]3CCC(C)CC3)cc2)c(F)c1F. The van der Waals surface area contributed by atoms with Crippen LogP contribution in [0.2, 0.25) is 0 Å². The molecule has 0 saturated heterocycles. The van der Waals surface area contributed by atoms with Gasteiger partial charge in [0, 0.05) is 5.56 Å². The van der Waals surface area contributed by atoms with Gasteiger partial charge < -0.3 is 4.74 Å². The average Bonchev–Trinajstić information content (AvgIpc) is 2.62. The number of benzene rings is 2. The van der Waals surface area contributed by atoms with E-state index in [9.17, 15) is 8.78 Å². The molecule has 0 amide bonds. The maximum atomic E-state index is 14.4. The van der Waals surface area contributed by atoms with Crippen molar-refractivity contribution in [1.82, 2.24) is 0 Å². The van der Waals surface area contributed by atoms with Gasteiger partial charge in [0.25, 0.3) is 0 Å². The molecule has 0 aromatic heterocycles. The van der Waals surface area contributed by atoms with E-state index in [1.165, 1.54) is 37.3 Å². The topological polar surface area (TPSA) is 9.23 Å². The van der Waals surface area contributed by atoms with Crippen molar-refractivity contribution in [3.63, 3.8) is 0 Å². The van der Waals surface area contributed by atoms with E-state index >= 15 is 0 Å². The molecule has 0 N–H and O–H groups in total. The fourth-order valence-electron chi connectivity index (χ4n) is 3.46. The van der Waals surface area contributed by atoms with Crippen LogP contribution in [-0.2, 0) is 6.42 Å². The molecule has 0 heterocycles. The molecule has 1 fully saturated rings. The lowest BCUT2D eigenvalue weighted by Gasteiger charge is -2.25. The molecule has 1 nitrogen and oxygen atoms in total. The van der Waals surface area contributed by atoms with Crippen LogP contribution in [0.4, 0.5) is 8.78 Å². The summed E-state index contributed by atoms with van der Waals surface area (Å²) in [6.07, 6.45) is 5.93. The van der Waals surface area contributed by atoms with Gasteiger partial charge in [0.05, 0.1) is 5.76 Å². The van der Waals surface area contributed by atoms with Gasteiger partial charge in [-0.2, -0.15) is 4.39 Å². The van der Waals surface area contributed by atoms with E-state index in [2.05, 4.69) is 13.5 Å². The standard InChI is InChI=1S/C23H25F2O/c1-15(2)26-21-13-12-20(22(24)23(21)25)19-10-8-18(9-11-19)14-17-6-4-16(3)5-7-17/h8-13,16H,1,4-7,14H2,2-3H3. The quantitative estimate of drug-likeness (QED) is 0.532. The van der Waals surface area contributed by atoms with Gasteiger partial charge >= 0.3 is 0 Å². The third-order valence-electron chi connectivity index (χ3n) is 5.03. The molecule has 137 valence electrons. The van der Waals surface area contributed by atoms with Gasteiger partial charge in [-0.25, -0.2) is 4.39 Å². The van der Waals surface area contributed by atoms with E-state index in [1.54, 1.807) is 18.9 Å². The largest absolute Gasteiger partial charge is 0.459 e. The summed E-state index contributed by atoms with van der Waals surface area (Å²) in [5, 5.41) is 0. The Morgan fingerprint density at radius 1 is 1.04 bits per heavy atom. The summed E-state index contributed by atoms with van der Waals surface area (Å²) in [5.74, 6) is 0.715. The molecule has 1 aliphatic carbocycles. The summed E-state index contributed by atoms with van der Waals surface area (Å²) < 4.78 is 33.7. The summed E-state index contributed by atoms with van der Waals surface area (Å²) in [5.41, 5.74) is 2.12. The third kappa shape index (κ3) is 4.32. The van der Waals surface area contributed by atoms with Gasteiger partial charge in [-0.3, -0.25) is 0 Å². The zero-order valence-electron chi connectivity index (χ0n) is 15.4. The minimum absolute atomic E-state index is 0.140. The molecule has 2 aromatic rings. The first kappa shape index (κ1) is 18.6. The summed E-state index contributed by atoms with van der Waals surface area (Å²) in [6, 6.07) is 10.7. The predicted molar refractivity (Wildman–Crippen MR) is 102 cm³/mol. The summed E-state index contributed by atoms with van der Waals surface area (Å²) in [6.45, 7) is 7.45. The van der Waals surface area contributed by atoms with E-state index in [0.717, 1.165) is 12.3 Å². The van der Waals surface area contributed by atoms with Crippen molar-refractivity contribution >= 4 is 0 Å². The van der Waals surface area contributed by atoms with E-state index < -0.39 is 11.6 Å². The van der Waals surface area contributed by atoms with Gasteiger partial charge in [-0.1, -0.05) is 50.6 Å². The van der Waals surface area contributed by atoms with Crippen molar-refractivity contribution in [3.05, 3.63) is 71.9 Å². The lowest BCUT2D eigenvalue weighted by atomic mass is 9.80. The van der Waals surface area contributed by atoms with Gasteiger partial charge in [0.1, 0.15) is 0 Å². The van der Waals surface area contributed by atoms with E-state index in [4.69, 9.17) is 4.74 Å². The molecule has 0 aliphatic heterocycles. The Kier molecular flexibility index (Phi) is 5.75. The van der Waals surface area contributed by atoms with Crippen molar-refractivity contribution in [1.29, 1.82) is 0 Å². The van der Waals surface area contributed by atoms with E-state index in [0.29, 0.717) is 11.3 Å². The van der Waals surface area contributed by atoms with Gasteiger partial charge in [0.2, 0.25) is 5.82 Å². The molecule has 3 rings (SSSR count). The summed E-state index contributed by atoms with van der Waals surface area (Å²) in [7, 11) is 0. The van der Waals surface area contributed by atoms with Crippen LogP contribution in [0, 0.1) is 23.5 Å². The van der Waals surface area contributed by atoms with Crippen molar-refractivity contribution in [3.8, 4) is 16.9 Å². The van der Waals surface area contributed by atoms with E-state index in [1.807, 2.05) is 24.3 Å². The predicted octanol–water partition coefficient (Wildman–Crippen LogP) is 6.87. The number of ether oxygens (including phenoxy) is 1. The van der Waals surface area contributed by atoms with Crippen LogP contribution in [0.1, 0.15) is 45.1 Å². The van der Waals surface area contributed by atoms with Gasteiger partial charge in [-0.15, -0.1) is 0 Å². The molecule has 0 bridgehead atoms. The lowest BCUT2D eigenvalue weighted by Crippen LogP contribution is -2.12. The second-order valence-corrected chi connectivity index (χ2v) is 7.35. The Balaban J connectivity index is 1.74. The van der Waals surface area contributed by atoms with Crippen LogP contribution < -0.4 is 4.74 Å². The number of hydrogen-bond donors (Lipinski definition) is 0. The zero-order chi connectivity index (χ0) is 18.7. The first-order chi connectivity index (χ1) is 12.4. The normalized spacial score (nSPS) is 15.8. The molecule has 1 radical (unpaired) electrons. The highest BCUT2D eigenvalue weighted by atomic mass is 19.2. The average molecular weight is 355 g/mol. The van der Waals surface area contributed by atoms with Gasteiger partial charge in [0.15, 0.2) is 11.6 Å². The molecule has 26 heavy (non-hydrogen) atoms. The molecule has 0 unspecified atom stereocenters. The van der Waals surface area contributed by atoms with Crippen LogP contribution >= 0.6 is 0 Å². The van der Waals surface area contributed by atoms with Crippen molar-refractivity contribution in [2.75, 3.05) is 0 Å². The second-order valence-electron chi connectivity index (χ2n) is 7.35. The summed E-state index contributed by atoms with van der Waals surface area (Å²) in [4.78, 5) is 0. The molecule has 0 atom stereocenters. The van der Waals surface area contributed by atoms with Crippen LogP contribution in [0.25, 0.3) is 11.1 Å². The molecular formula is C23H25F2O. The highest BCUT2D eigenvalue weighted by Gasteiger charge is 2.19. The molecule has 2 aromatic carbocycles. The molecule has 3 heteroatoms. The second kappa shape index (κ2) is 8.03. The molecule has 1 saturated carbocycles. The van der Waals surface area contributed by atoms with Crippen molar-refractivity contribution in [2.24, 2.45) is 5.92 Å². The highest BCUT2D eigenvalue weighted by Crippen LogP contribution is 2.34. The van der Waals surface area contributed by atoms with Crippen molar-refractivity contribution < 1.29 is 13.5 Å². The highest BCUT2D eigenvalue weighted by molar-refractivity contribution is 5.65. The monoisotopic (exact) mass is 355 g/mol. The Morgan fingerprint density at radius 2 is 1.69 bits per heavy atom. The smallest absolute Gasteiger partial charge is 0.201 e. The third-order valence-corrected chi connectivity index (χ3v) is 5.03. The minimum atomic E-state index is -0.985. The van der Waals surface area contributed by atoms with E-state index in [-0.39, 0.29) is 11.3 Å². The Morgan fingerprint density at radius 3 is 2.31 bits per heavy atom. The fourth-order valence-corrected chi connectivity index (χ4v) is 3.46. The van der Waals surface area contributed by atoms with Crippen LogP contribution in [0.15, 0.2) is 48.7 Å². The number of allylic oxidation sites excluding steroid dienone is 1. The molecular weight excluding hydrogens is 330 g/mol. The first-order valence-electron chi connectivity index (χ1n) is 9.18. The van der Waals surface area contributed by atoms with Crippen LogP contribution in [-0.4, -0.2) is 0 Å².